The lowest BCUT2D eigenvalue weighted by atomic mass is 9.88. The second-order valence-electron chi connectivity index (χ2n) is 4.24. The van der Waals surface area contributed by atoms with Gasteiger partial charge in [0.05, 0.1) is 0 Å². The maximum atomic E-state index is 2.42. The first kappa shape index (κ1) is 5.76. The van der Waals surface area contributed by atoms with Gasteiger partial charge >= 0.3 is 0 Å². The zero-order chi connectivity index (χ0) is 6.59. The molecule has 2 rings (SSSR count). The van der Waals surface area contributed by atoms with E-state index in [2.05, 4.69) is 20.8 Å². The largest absolute Gasteiger partial charge is 0.0625 e. The van der Waals surface area contributed by atoms with Crippen LogP contribution in [0, 0.1) is 29.6 Å². The standard InChI is InChI=1S/C9H16/c1-5(2)6(3)9-7-4-8(7)9/h5-9H,4H2,1-3H3. The van der Waals surface area contributed by atoms with E-state index in [0.29, 0.717) is 0 Å². The highest BCUT2D eigenvalue weighted by Crippen LogP contribution is 2.71. The number of hydrogen-bond acceptors (Lipinski definition) is 0. The molecule has 0 heteroatoms. The molecule has 0 spiro atoms. The Hall–Kier alpha value is 0. The van der Waals surface area contributed by atoms with E-state index in [0.717, 1.165) is 17.8 Å². The Labute approximate surface area is 57.6 Å². The van der Waals surface area contributed by atoms with E-state index in [4.69, 9.17) is 0 Å². The van der Waals surface area contributed by atoms with Crippen molar-refractivity contribution >= 4 is 0 Å². The fourth-order valence-corrected chi connectivity index (χ4v) is 2.05. The van der Waals surface area contributed by atoms with Crippen molar-refractivity contribution in [3.8, 4) is 0 Å². The summed E-state index contributed by atoms with van der Waals surface area (Å²) in [5.41, 5.74) is 0. The summed E-state index contributed by atoms with van der Waals surface area (Å²) in [4.78, 5) is 0. The Kier molecular flexibility index (Phi) is 0.980. The van der Waals surface area contributed by atoms with Crippen molar-refractivity contribution in [1.29, 1.82) is 0 Å². The zero-order valence-electron chi connectivity index (χ0n) is 6.59. The molecule has 3 atom stereocenters. The highest BCUT2D eigenvalue weighted by Gasteiger charge is 2.65. The second kappa shape index (κ2) is 1.53. The topological polar surface area (TPSA) is 0 Å². The Morgan fingerprint density at radius 1 is 1.11 bits per heavy atom. The van der Waals surface area contributed by atoms with Crippen molar-refractivity contribution in [2.45, 2.75) is 27.2 Å². The van der Waals surface area contributed by atoms with Crippen LogP contribution in [0.4, 0.5) is 0 Å². The van der Waals surface area contributed by atoms with E-state index < -0.39 is 0 Å². The molecule has 9 heavy (non-hydrogen) atoms. The van der Waals surface area contributed by atoms with E-state index in [1.54, 1.807) is 6.42 Å². The first-order valence-corrected chi connectivity index (χ1v) is 4.22. The molecule has 2 aliphatic carbocycles. The quantitative estimate of drug-likeness (QED) is 0.530. The predicted molar refractivity (Wildman–Crippen MR) is 39.1 cm³/mol. The SMILES string of the molecule is CC(C)C(C)C1C2CC21. The van der Waals surface area contributed by atoms with Crippen LogP contribution in [0.5, 0.6) is 0 Å². The minimum atomic E-state index is 0.919. The summed E-state index contributed by atoms with van der Waals surface area (Å²) in [6, 6.07) is 0. The molecule has 0 aromatic carbocycles. The maximum Gasteiger partial charge on any atom is -0.0323 e. The van der Waals surface area contributed by atoms with Crippen molar-refractivity contribution in [2.24, 2.45) is 29.6 Å². The third-order valence-electron chi connectivity index (χ3n) is 3.40. The minimum absolute atomic E-state index is 0.919. The van der Waals surface area contributed by atoms with Gasteiger partial charge in [0.1, 0.15) is 0 Å². The molecule has 2 aliphatic rings. The molecule has 0 aromatic rings. The molecule has 0 N–H and O–H groups in total. The molecular formula is C9H16. The third kappa shape index (κ3) is 0.720. The van der Waals surface area contributed by atoms with Crippen LogP contribution in [0.15, 0.2) is 0 Å². The lowest BCUT2D eigenvalue weighted by Crippen LogP contribution is -2.10. The number of hydrogen-bond donors (Lipinski definition) is 0. The monoisotopic (exact) mass is 124 g/mol. The van der Waals surface area contributed by atoms with Crippen LogP contribution in [0.1, 0.15) is 27.2 Å². The van der Waals surface area contributed by atoms with Crippen LogP contribution in [0.3, 0.4) is 0 Å². The Morgan fingerprint density at radius 2 is 1.67 bits per heavy atom. The molecule has 0 amide bonds. The van der Waals surface area contributed by atoms with Gasteiger partial charge in [0, 0.05) is 0 Å². The van der Waals surface area contributed by atoms with Gasteiger partial charge in [-0.1, -0.05) is 20.8 Å². The van der Waals surface area contributed by atoms with Crippen molar-refractivity contribution in [3.05, 3.63) is 0 Å². The van der Waals surface area contributed by atoms with Crippen molar-refractivity contribution in [3.63, 3.8) is 0 Å². The third-order valence-corrected chi connectivity index (χ3v) is 3.40. The molecule has 2 saturated carbocycles. The molecule has 0 saturated heterocycles. The first-order valence-electron chi connectivity index (χ1n) is 4.22. The van der Waals surface area contributed by atoms with Gasteiger partial charge < -0.3 is 0 Å². The first-order chi connectivity index (χ1) is 4.22. The minimum Gasteiger partial charge on any atom is -0.0625 e. The molecule has 0 aromatic heterocycles. The average Bonchev–Trinajstić information content (AvgIpc) is 2.46. The van der Waals surface area contributed by atoms with Crippen LogP contribution >= 0.6 is 0 Å². The van der Waals surface area contributed by atoms with Gasteiger partial charge in [-0.25, -0.2) is 0 Å². The number of rotatable bonds is 2. The summed E-state index contributed by atoms with van der Waals surface area (Å²) in [6.45, 7) is 7.12. The van der Waals surface area contributed by atoms with Gasteiger partial charge in [-0.2, -0.15) is 0 Å². The van der Waals surface area contributed by atoms with Crippen LogP contribution in [0.2, 0.25) is 0 Å². The van der Waals surface area contributed by atoms with E-state index in [9.17, 15) is 0 Å². The van der Waals surface area contributed by atoms with Crippen molar-refractivity contribution < 1.29 is 0 Å². The van der Waals surface area contributed by atoms with Crippen LogP contribution in [0.25, 0.3) is 0 Å². The Morgan fingerprint density at radius 3 is 1.78 bits per heavy atom. The fourth-order valence-electron chi connectivity index (χ4n) is 2.05. The van der Waals surface area contributed by atoms with Crippen LogP contribution in [-0.2, 0) is 0 Å². The predicted octanol–water partition coefficient (Wildman–Crippen LogP) is 2.54. The molecule has 52 valence electrons. The van der Waals surface area contributed by atoms with Gasteiger partial charge in [0.15, 0.2) is 0 Å². The molecule has 0 nitrogen and oxygen atoms in total. The molecule has 0 heterocycles. The van der Waals surface area contributed by atoms with Crippen LogP contribution < -0.4 is 0 Å². The van der Waals surface area contributed by atoms with E-state index >= 15 is 0 Å². The number of fused-ring (bicyclic) bond motifs is 1. The van der Waals surface area contributed by atoms with Gasteiger partial charge in [-0.3, -0.25) is 0 Å². The highest BCUT2D eigenvalue weighted by molar-refractivity contribution is 5.13. The summed E-state index contributed by atoms with van der Waals surface area (Å²) in [7, 11) is 0. The lowest BCUT2D eigenvalue weighted by molar-refractivity contribution is 0.317. The molecular weight excluding hydrogens is 108 g/mol. The summed E-state index contributed by atoms with van der Waals surface area (Å²) in [6.07, 6.45) is 1.57. The van der Waals surface area contributed by atoms with E-state index in [-0.39, 0.29) is 0 Å². The van der Waals surface area contributed by atoms with Gasteiger partial charge in [0.2, 0.25) is 0 Å². The highest BCUT2D eigenvalue weighted by atomic mass is 14.7. The van der Waals surface area contributed by atoms with E-state index in [1.165, 1.54) is 11.8 Å². The average molecular weight is 124 g/mol. The van der Waals surface area contributed by atoms with E-state index in [1.807, 2.05) is 0 Å². The lowest BCUT2D eigenvalue weighted by Gasteiger charge is -2.17. The summed E-state index contributed by atoms with van der Waals surface area (Å²) in [5.74, 6) is 5.48. The Balaban J connectivity index is 1.85. The second-order valence-corrected chi connectivity index (χ2v) is 4.24. The van der Waals surface area contributed by atoms with Crippen molar-refractivity contribution in [2.75, 3.05) is 0 Å². The van der Waals surface area contributed by atoms with Crippen LogP contribution in [-0.4, -0.2) is 0 Å². The normalized spacial score (nSPS) is 48.7. The van der Waals surface area contributed by atoms with Gasteiger partial charge in [-0.15, -0.1) is 0 Å². The maximum absolute atomic E-state index is 2.42. The molecule has 2 fully saturated rings. The fraction of sp³-hybridized carbons (Fsp3) is 1.00. The smallest absolute Gasteiger partial charge is 0.0323 e. The molecule has 3 unspecified atom stereocenters. The Bertz CT molecular complexity index is 118. The summed E-state index contributed by atoms with van der Waals surface area (Å²) >= 11 is 0. The van der Waals surface area contributed by atoms with Gasteiger partial charge in [-0.05, 0) is 36.0 Å². The van der Waals surface area contributed by atoms with Crippen molar-refractivity contribution in [1.82, 2.24) is 0 Å². The van der Waals surface area contributed by atoms with Gasteiger partial charge in [0.25, 0.3) is 0 Å². The summed E-state index contributed by atoms with van der Waals surface area (Å²) in [5, 5.41) is 0. The molecule has 0 bridgehead atoms. The molecule has 0 radical (unpaired) electrons. The zero-order valence-corrected chi connectivity index (χ0v) is 6.59. The molecule has 0 aliphatic heterocycles. The summed E-state index contributed by atoms with van der Waals surface area (Å²) < 4.78 is 0.